The summed E-state index contributed by atoms with van der Waals surface area (Å²) < 4.78 is 0. The molecular weight excluding hydrogens is 312 g/mol. The molecule has 0 saturated heterocycles. The highest BCUT2D eigenvalue weighted by molar-refractivity contribution is 5.94. The summed E-state index contributed by atoms with van der Waals surface area (Å²) in [5, 5.41) is 0. The third-order valence-corrected chi connectivity index (χ3v) is 4.53. The van der Waals surface area contributed by atoms with Gasteiger partial charge in [0.2, 0.25) is 0 Å². The van der Waals surface area contributed by atoms with Crippen LogP contribution < -0.4 is 0 Å². The van der Waals surface area contributed by atoms with Crippen molar-refractivity contribution < 1.29 is 4.79 Å². The Kier molecular flexibility index (Phi) is 4.21. The van der Waals surface area contributed by atoms with Gasteiger partial charge in [-0.15, -0.1) is 0 Å². The van der Waals surface area contributed by atoms with E-state index in [0.717, 1.165) is 35.4 Å². The van der Waals surface area contributed by atoms with E-state index < -0.39 is 0 Å². The van der Waals surface area contributed by atoms with Gasteiger partial charge in [0.25, 0.3) is 5.91 Å². The summed E-state index contributed by atoms with van der Waals surface area (Å²) in [6, 6.07) is 13.7. The van der Waals surface area contributed by atoms with Crippen molar-refractivity contribution in [2.24, 2.45) is 0 Å². The van der Waals surface area contributed by atoms with Gasteiger partial charge in [0.15, 0.2) is 0 Å². The van der Waals surface area contributed by atoms with Crippen LogP contribution >= 0.6 is 0 Å². The van der Waals surface area contributed by atoms with E-state index in [0.29, 0.717) is 18.7 Å². The Hall–Kier alpha value is -3.08. The molecule has 5 nitrogen and oxygen atoms in total. The minimum absolute atomic E-state index is 0.0233. The second-order valence-corrected chi connectivity index (χ2v) is 6.05. The third kappa shape index (κ3) is 3.13. The molecule has 2 aromatic heterocycles. The average molecular weight is 330 g/mol. The summed E-state index contributed by atoms with van der Waals surface area (Å²) in [5.41, 5.74) is 4.88. The van der Waals surface area contributed by atoms with E-state index in [4.69, 9.17) is 0 Å². The van der Waals surface area contributed by atoms with Crippen molar-refractivity contribution in [1.82, 2.24) is 19.9 Å². The maximum Gasteiger partial charge on any atom is 0.255 e. The molecule has 0 spiro atoms. The van der Waals surface area contributed by atoms with Crippen molar-refractivity contribution in [3.63, 3.8) is 0 Å². The molecule has 3 heterocycles. The molecule has 0 radical (unpaired) electrons. The van der Waals surface area contributed by atoms with E-state index in [1.807, 2.05) is 29.2 Å². The maximum atomic E-state index is 12.7. The lowest BCUT2D eigenvalue weighted by Gasteiger charge is -2.20. The second kappa shape index (κ2) is 6.81. The SMILES string of the molecule is O=C(c1cccnc1)N1CCc2ncnc(-c3ccccc3)c2CC1. The predicted octanol–water partition coefficient (Wildman–Crippen LogP) is 2.78. The first kappa shape index (κ1) is 15.4. The summed E-state index contributed by atoms with van der Waals surface area (Å²) in [5.74, 6) is 0.0233. The number of rotatable bonds is 2. The van der Waals surface area contributed by atoms with E-state index >= 15 is 0 Å². The molecule has 25 heavy (non-hydrogen) atoms. The Bertz CT molecular complexity index is 881. The molecule has 0 N–H and O–H groups in total. The van der Waals surface area contributed by atoms with Gasteiger partial charge in [-0.1, -0.05) is 30.3 Å². The van der Waals surface area contributed by atoms with Crippen molar-refractivity contribution in [1.29, 1.82) is 0 Å². The highest BCUT2D eigenvalue weighted by Gasteiger charge is 2.22. The zero-order valence-corrected chi connectivity index (χ0v) is 13.8. The van der Waals surface area contributed by atoms with E-state index in [1.54, 1.807) is 24.8 Å². The van der Waals surface area contributed by atoms with Gasteiger partial charge >= 0.3 is 0 Å². The molecule has 1 aliphatic rings. The fraction of sp³-hybridized carbons (Fsp3) is 0.200. The molecule has 0 unspecified atom stereocenters. The summed E-state index contributed by atoms with van der Waals surface area (Å²) in [6.07, 6.45) is 6.42. The highest BCUT2D eigenvalue weighted by Crippen LogP contribution is 2.25. The summed E-state index contributed by atoms with van der Waals surface area (Å²) in [6.45, 7) is 1.32. The van der Waals surface area contributed by atoms with Crippen molar-refractivity contribution in [3.8, 4) is 11.3 Å². The topological polar surface area (TPSA) is 59.0 Å². The van der Waals surface area contributed by atoms with Gasteiger partial charge in [-0.2, -0.15) is 0 Å². The molecule has 0 bridgehead atoms. The van der Waals surface area contributed by atoms with Crippen molar-refractivity contribution in [3.05, 3.63) is 78.0 Å². The monoisotopic (exact) mass is 330 g/mol. The van der Waals surface area contributed by atoms with Crippen molar-refractivity contribution in [2.75, 3.05) is 13.1 Å². The van der Waals surface area contributed by atoms with Crippen LogP contribution in [0.1, 0.15) is 21.6 Å². The van der Waals surface area contributed by atoms with Crippen LogP contribution in [0.2, 0.25) is 0 Å². The Morgan fingerprint density at radius 3 is 2.60 bits per heavy atom. The molecule has 0 atom stereocenters. The molecule has 5 heteroatoms. The second-order valence-electron chi connectivity index (χ2n) is 6.05. The summed E-state index contributed by atoms with van der Waals surface area (Å²) in [4.78, 5) is 27.6. The standard InChI is InChI=1S/C20H18N4O/c25-20(16-7-4-10-21-13-16)24-11-8-17-18(9-12-24)22-14-23-19(17)15-5-2-1-3-6-15/h1-7,10,13-14H,8-9,11-12H2. The zero-order chi connectivity index (χ0) is 17.1. The average Bonchev–Trinajstić information content (AvgIpc) is 2.91. The van der Waals surface area contributed by atoms with Crippen LogP contribution in [0.25, 0.3) is 11.3 Å². The number of benzene rings is 1. The van der Waals surface area contributed by atoms with Crippen molar-refractivity contribution in [2.45, 2.75) is 12.8 Å². The number of carbonyl (C=O) groups excluding carboxylic acids is 1. The fourth-order valence-corrected chi connectivity index (χ4v) is 3.25. The Balaban J connectivity index is 1.61. The number of carbonyl (C=O) groups is 1. The lowest BCUT2D eigenvalue weighted by atomic mass is 10.0. The first-order valence-electron chi connectivity index (χ1n) is 8.40. The van der Waals surface area contributed by atoms with Gasteiger partial charge in [-0.3, -0.25) is 9.78 Å². The van der Waals surface area contributed by atoms with Crippen LogP contribution in [0.5, 0.6) is 0 Å². The molecule has 1 aliphatic heterocycles. The largest absolute Gasteiger partial charge is 0.338 e. The molecule has 1 amide bonds. The lowest BCUT2D eigenvalue weighted by molar-refractivity contribution is 0.0762. The Labute approximate surface area is 146 Å². The van der Waals surface area contributed by atoms with Crippen LogP contribution in [0, 0.1) is 0 Å². The molecule has 124 valence electrons. The highest BCUT2D eigenvalue weighted by atomic mass is 16.2. The fourth-order valence-electron chi connectivity index (χ4n) is 3.25. The zero-order valence-electron chi connectivity index (χ0n) is 13.8. The molecule has 0 aliphatic carbocycles. The molecule has 0 saturated carbocycles. The van der Waals surface area contributed by atoms with Gasteiger partial charge in [-0.25, -0.2) is 9.97 Å². The van der Waals surface area contributed by atoms with Crippen molar-refractivity contribution >= 4 is 5.91 Å². The van der Waals surface area contributed by atoms with E-state index in [2.05, 4.69) is 27.1 Å². The number of nitrogens with zero attached hydrogens (tertiary/aromatic N) is 4. The Morgan fingerprint density at radius 1 is 0.960 bits per heavy atom. The molecular formula is C20H18N4O. The van der Waals surface area contributed by atoms with Crippen LogP contribution in [0.4, 0.5) is 0 Å². The minimum Gasteiger partial charge on any atom is -0.338 e. The first-order chi connectivity index (χ1) is 12.3. The van der Waals surface area contributed by atoms with Crippen LogP contribution in [0.15, 0.2) is 61.2 Å². The molecule has 4 rings (SSSR count). The summed E-state index contributed by atoms with van der Waals surface area (Å²) >= 11 is 0. The predicted molar refractivity (Wildman–Crippen MR) is 95.0 cm³/mol. The number of fused-ring (bicyclic) bond motifs is 1. The Morgan fingerprint density at radius 2 is 1.80 bits per heavy atom. The van der Waals surface area contributed by atoms with E-state index in [-0.39, 0.29) is 5.91 Å². The van der Waals surface area contributed by atoms with Gasteiger partial charge in [0.05, 0.1) is 11.3 Å². The van der Waals surface area contributed by atoms with Gasteiger partial charge < -0.3 is 4.90 Å². The van der Waals surface area contributed by atoms with Gasteiger partial charge in [-0.05, 0) is 18.6 Å². The minimum atomic E-state index is 0.0233. The normalized spacial score (nSPS) is 13.8. The molecule has 1 aromatic carbocycles. The maximum absolute atomic E-state index is 12.7. The van der Waals surface area contributed by atoms with Crippen LogP contribution in [-0.4, -0.2) is 38.8 Å². The first-order valence-corrected chi connectivity index (χ1v) is 8.40. The molecule has 3 aromatic rings. The van der Waals surface area contributed by atoms with E-state index in [9.17, 15) is 4.79 Å². The quantitative estimate of drug-likeness (QED) is 0.725. The smallest absolute Gasteiger partial charge is 0.255 e. The third-order valence-electron chi connectivity index (χ3n) is 4.53. The van der Waals surface area contributed by atoms with E-state index in [1.165, 1.54) is 0 Å². The number of hydrogen-bond donors (Lipinski definition) is 0. The summed E-state index contributed by atoms with van der Waals surface area (Å²) in [7, 11) is 0. The van der Waals surface area contributed by atoms with Gasteiger partial charge in [0, 0.05) is 48.7 Å². The van der Waals surface area contributed by atoms with Gasteiger partial charge in [0.1, 0.15) is 6.33 Å². The molecule has 0 fully saturated rings. The van der Waals surface area contributed by atoms with Crippen LogP contribution in [0.3, 0.4) is 0 Å². The number of hydrogen-bond acceptors (Lipinski definition) is 4. The number of amides is 1. The lowest BCUT2D eigenvalue weighted by Crippen LogP contribution is -2.33. The van der Waals surface area contributed by atoms with Crippen LogP contribution in [-0.2, 0) is 12.8 Å². The number of pyridine rings is 1. The number of aromatic nitrogens is 3.